The van der Waals surface area contributed by atoms with Crippen molar-refractivity contribution in [2.24, 2.45) is 5.92 Å². The molecule has 1 rings (SSSR count). The lowest BCUT2D eigenvalue weighted by molar-refractivity contribution is -0.383. The number of amides is 1. The van der Waals surface area contributed by atoms with Crippen molar-refractivity contribution in [1.29, 1.82) is 0 Å². The summed E-state index contributed by atoms with van der Waals surface area (Å²) < 4.78 is 0. The second kappa shape index (κ2) is 6.56. The second-order valence-electron chi connectivity index (χ2n) is 5.06. The number of nitrogens with two attached hydrogens (primary N) is 1. The van der Waals surface area contributed by atoms with Gasteiger partial charge in [0.05, 0.1) is 9.95 Å². The van der Waals surface area contributed by atoms with Crippen LogP contribution in [0.3, 0.4) is 0 Å². The Balaban J connectivity index is 3.02. The minimum atomic E-state index is -0.647. The van der Waals surface area contributed by atoms with Crippen LogP contribution in [0, 0.1) is 16.0 Å². The molecule has 1 aromatic carbocycles. The average molecular weight is 300 g/mol. The molecular formula is C13H18ClN3O3. The van der Waals surface area contributed by atoms with Crippen molar-refractivity contribution >= 4 is 28.9 Å². The van der Waals surface area contributed by atoms with Gasteiger partial charge in [0, 0.05) is 25.2 Å². The topological polar surface area (TPSA) is 89.5 Å². The lowest BCUT2D eigenvalue weighted by Gasteiger charge is -2.18. The van der Waals surface area contributed by atoms with E-state index in [4.69, 9.17) is 17.3 Å². The molecule has 0 fully saturated rings. The minimum Gasteiger partial charge on any atom is -0.392 e. The van der Waals surface area contributed by atoms with Crippen LogP contribution in [0.1, 0.15) is 30.6 Å². The lowest BCUT2D eigenvalue weighted by atomic mass is 10.1. The quantitative estimate of drug-likeness (QED) is 0.514. The summed E-state index contributed by atoms with van der Waals surface area (Å²) in [7, 11) is 1.65. The van der Waals surface area contributed by atoms with Crippen LogP contribution in [0.5, 0.6) is 0 Å². The Hall–Kier alpha value is -1.82. The molecule has 0 radical (unpaired) electrons. The van der Waals surface area contributed by atoms with E-state index in [1.807, 2.05) is 0 Å². The van der Waals surface area contributed by atoms with E-state index >= 15 is 0 Å². The molecule has 0 spiro atoms. The van der Waals surface area contributed by atoms with Crippen LogP contribution in [-0.2, 0) is 0 Å². The van der Waals surface area contributed by atoms with Crippen molar-refractivity contribution in [3.63, 3.8) is 0 Å². The van der Waals surface area contributed by atoms with E-state index in [-0.39, 0.29) is 27.9 Å². The highest BCUT2D eigenvalue weighted by Gasteiger charge is 2.21. The fourth-order valence-corrected chi connectivity index (χ4v) is 1.87. The summed E-state index contributed by atoms with van der Waals surface area (Å²) in [6, 6.07) is 2.52. The van der Waals surface area contributed by atoms with E-state index in [1.54, 1.807) is 7.05 Å². The number of hydrogen-bond acceptors (Lipinski definition) is 4. The van der Waals surface area contributed by atoms with Gasteiger partial charge in [-0.25, -0.2) is 0 Å². The molecule has 110 valence electrons. The summed E-state index contributed by atoms with van der Waals surface area (Å²) in [4.78, 5) is 23.9. The minimum absolute atomic E-state index is 0.0137. The first-order chi connectivity index (χ1) is 9.23. The summed E-state index contributed by atoms with van der Waals surface area (Å²) in [5.74, 6) is 0.158. The van der Waals surface area contributed by atoms with Crippen LogP contribution >= 0.6 is 11.6 Å². The van der Waals surface area contributed by atoms with Gasteiger partial charge in [-0.2, -0.15) is 0 Å². The number of halogens is 1. The Bertz CT molecular complexity index is 532. The number of carbonyl (C=O) groups excluding carboxylic acids is 1. The van der Waals surface area contributed by atoms with E-state index in [1.165, 1.54) is 11.0 Å². The van der Waals surface area contributed by atoms with E-state index in [9.17, 15) is 14.9 Å². The molecule has 1 aromatic rings. The molecule has 6 nitrogen and oxygen atoms in total. The van der Waals surface area contributed by atoms with Crippen LogP contribution in [0.25, 0.3) is 0 Å². The summed E-state index contributed by atoms with van der Waals surface area (Å²) in [5, 5.41) is 10.9. The molecule has 0 aliphatic rings. The highest BCUT2D eigenvalue weighted by atomic mass is 35.5. The molecule has 7 heteroatoms. The van der Waals surface area contributed by atoms with Crippen LogP contribution in [0.4, 0.5) is 11.4 Å². The van der Waals surface area contributed by atoms with Gasteiger partial charge in [0.25, 0.3) is 11.6 Å². The molecule has 0 saturated heterocycles. The van der Waals surface area contributed by atoms with E-state index < -0.39 is 4.92 Å². The molecule has 1 amide bonds. The van der Waals surface area contributed by atoms with Crippen LogP contribution < -0.4 is 5.73 Å². The van der Waals surface area contributed by atoms with Crippen molar-refractivity contribution < 1.29 is 9.72 Å². The van der Waals surface area contributed by atoms with Crippen molar-refractivity contribution in [3.05, 3.63) is 32.8 Å². The number of hydrogen-bond donors (Lipinski definition) is 1. The smallest absolute Gasteiger partial charge is 0.294 e. The first kappa shape index (κ1) is 16.2. The molecule has 0 bridgehead atoms. The first-order valence-electron chi connectivity index (χ1n) is 6.23. The Morgan fingerprint density at radius 2 is 2.10 bits per heavy atom. The van der Waals surface area contributed by atoms with Gasteiger partial charge in [0.15, 0.2) is 0 Å². The molecular weight excluding hydrogens is 282 g/mol. The van der Waals surface area contributed by atoms with Crippen molar-refractivity contribution in [1.82, 2.24) is 4.90 Å². The van der Waals surface area contributed by atoms with Gasteiger partial charge in [-0.05, 0) is 18.4 Å². The third kappa shape index (κ3) is 3.84. The fraction of sp³-hybridized carbons (Fsp3) is 0.462. The number of carbonyl (C=O) groups is 1. The predicted octanol–water partition coefficient (Wildman–Crippen LogP) is 2.95. The molecule has 0 atom stereocenters. The summed E-state index contributed by atoms with van der Waals surface area (Å²) in [5.41, 5.74) is 5.22. The van der Waals surface area contributed by atoms with Crippen molar-refractivity contribution in [2.75, 3.05) is 19.3 Å². The fourth-order valence-electron chi connectivity index (χ4n) is 1.65. The van der Waals surface area contributed by atoms with E-state index in [2.05, 4.69) is 13.8 Å². The Labute approximate surface area is 122 Å². The highest BCUT2D eigenvalue weighted by Crippen LogP contribution is 2.31. The van der Waals surface area contributed by atoms with Gasteiger partial charge in [-0.3, -0.25) is 14.9 Å². The van der Waals surface area contributed by atoms with E-state index in [0.29, 0.717) is 12.5 Å². The van der Waals surface area contributed by atoms with Gasteiger partial charge >= 0.3 is 0 Å². The number of benzene rings is 1. The van der Waals surface area contributed by atoms with Crippen molar-refractivity contribution in [2.45, 2.75) is 20.3 Å². The van der Waals surface area contributed by atoms with E-state index in [0.717, 1.165) is 12.5 Å². The van der Waals surface area contributed by atoms with Gasteiger partial charge in [-0.15, -0.1) is 0 Å². The maximum atomic E-state index is 12.2. The number of anilines is 1. The molecule has 20 heavy (non-hydrogen) atoms. The molecule has 0 aliphatic heterocycles. The third-order valence-corrected chi connectivity index (χ3v) is 3.25. The Morgan fingerprint density at radius 3 is 2.60 bits per heavy atom. The monoisotopic (exact) mass is 299 g/mol. The molecule has 0 heterocycles. The number of nitro benzene ring substituents is 1. The Morgan fingerprint density at radius 1 is 1.50 bits per heavy atom. The van der Waals surface area contributed by atoms with Gasteiger partial charge in [0.2, 0.25) is 0 Å². The largest absolute Gasteiger partial charge is 0.392 e. The molecule has 0 aromatic heterocycles. The maximum absolute atomic E-state index is 12.2. The number of nitrogens with zero attached hydrogens (tertiary/aromatic N) is 2. The summed E-state index contributed by atoms with van der Waals surface area (Å²) >= 11 is 5.84. The molecule has 0 unspecified atom stereocenters. The van der Waals surface area contributed by atoms with Crippen LogP contribution in [0.2, 0.25) is 5.02 Å². The SMILES string of the molecule is CC(C)CCN(C)C(=O)c1cc(Cl)c(N)c([N+](=O)[O-])c1. The first-order valence-corrected chi connectivity index (χ1v) is 6.60. The molecule has 2 N–H and O–H groups in total. The van der Waals surface area contributed by atoms with Gasteiger partial charge in [0.1, 0.15) is 5.69 Å². The second-order valence-corrected chi connectivity index (χ2v) is 5.46. The average Bonchev–Trinajstić information content (AvgIpc) is 2.37. The van der Waals surface area contributed by atoms with Crippen molar-refractivity contribution in [3.8, 4) is 0 Å². The zero-order chi connectivity index (χ0) is 15.4. The number of nitro groups is 1. The maximum Gasteiger partial charge on any atom is 0.294 e. The van der Waals surface area contributed by atoms with Gasteiger partial charge in [-0.1, -0.05) is 25.4 Å². The summed E-state index contributed by atoms with van der Waals surface area (Å²) in [6.45, 7) is 4.69. The molecule has 0 saturated carbocycles. The standard InChI is InChI=1S/C13H18ClN3O3/c1-8(2)4-5-16(3)13(18)9-6-10(14)12(15)11(7-9)17(19)20/h6-8H,4-5,15H2,1-3H3. The number of nitrogen functional groups attached to an aromatic ring is 1. The highest BCUT2D eigenvalue weighted by molar-refractivity contribution is 6.34. The third-order valence-electron chi connectivity index (χ3n) is 2.94. The zero-order valence-corrected chi connectivity index (χ0v) is 12.5. The zero-order valence-electron chi connectivity index (χ0n) is 11.7. The normalized spacial score (nSPS) is 10.7. The Kier molecular flexibility index (Phi) is 5.33. The predicted molar refractivity (Wildman–Crippen MR) is 78.9 cm³/mol. The number of rotatable bonds is 5. The molecule has 0 aliphatic carbocycles. The summed E-state index contributed by atoms with van der Waals surface area (Å²) in [6.07, 6.45) is 0.854. The van der Waals surface area contributed by atoms with Crippen LogP contribution in [-0.4, -0.2) is 29.3 Å². The van der Waals surface area contributed by atoms with Gasteiger partial charge < -0.3 is 10.6 Å². The van der Waals surface area contributed by atoms with Crippen LogP contribution in [0.15, 0.2) is 12.1 Å². The lowest BCUT2D eigenvalue weighted by Crippen LogP contribution is -2.28.